The van der Waals surface area contributed by atoms with Crippen molar-refractivity contribution in [1.29, 1.82) is 0 Å². The van der Waals surface area contributed by atoms with Crippen molar-refractivity contribution in [2.75, 3.05) is 38.2 Å². The second kappa shape index (κ2) is 8.95. The first-order chi connectivity index (χ1) is 15.3. The average molecular weight is 464 g/mol. The molecular formula is C22H24F3N5OS. The van der Waals surface area contributed by atoms with Gasteiger partial charge in [-0.25, -0.2) is 4.68 Å². The molecule has 0 radical (unpaired) electrons. The van der Waals surface area contributed by atoms with Gasteiger partial charge in [-0.1, -0.05) is 18.2 Å². The van der Waals surface area contributed by atoms with E-state index in [9.17, 15) is 13.2 Å². The molecule has 2 heterocycles. The van der Waals surface area contributed by atoms with E-state index >= 15 is 0 Å². The minimum atomic E-state index is -4.34. The summed E-state index contributed by atoms with van der Waals surface area (Å²) in [5.74, 6) is 1.49. The van der Waals surface area contributed by atoms with Crippen LogP contribution >= 0.6 is 12.2 Å². The van der Waals surface area contributed by atoms with Crippen LogP contribution < -0.4 is 9.64 Å². The van der Waals surface area contributed by atoms with E-state index in [0.717, 1.165) is 23.2 Å². The first kappa shape index (κ1) is 22.3. The number of halogens is 3. The third kappa shape index (κ3) is 4.66. The zero-order valence-corrected chi connectivity index (χ0v) is 18.7. The molecule has 0 amide bonds. The van der Waals surface area contributed by atoms with Crippen molar-refractivity contribution >= 4 is 17.9 Å². The summed E-state index contributed by atoms with van der Waals surface area (Å²) in [5, 5.41) is 4.70. The second-order valence-electron chi connectivity index (χ2n) is 7.69. The topological polar surface area (TPSA) is 38.5 Å². The Morgan fingerprint density at radius 2 is 1.75 bits per heavy atom. The third-order valence-electron chi connectivity index (χ3n) is 5.61. The number of rotatable bonds is 5. The first-order valence-electron chi connectivity index (χ1n) is 10.2. The highest BCUT2D eigenvalue weighted by molar-refractivity contribution is 7.71. The molecule has 1 aliphatic rings. The number of piperazine rings is 1. The Morgan fingerprint density at radius 1 is 1.03 bits per heavy atom. The smallest absolute Gasteiger partial charge is 0.416 e. The fourth-order valence-electron chi connectivity index (χ4n) is 3.81. The van der Waals surface area contributed by atoms with Crippen LogP contribution in [-0.4, -0.2) is 52.5 Å². The summed E-state index contributed by atoms with van der Waals surface area (Å²) in [4.78, 5) is 4.17. The maximum absolute atomic E-state index is 13.0. The minimum absolute atomic E-state index is 0.521. The van der Waals surface area contributed by atoms with E-state index < -0.39 is 11.7 Å². The molecular weight excluding hydrogens is 439 g/mol. The van der Waals surface area contributed by atoms with Crippen molar-refractivity contribution in [3.63, 3.8) is 0 Å². The minimum Gasteiger partial charge on any atom is -0.497 e. The molecule has 4 rings (SSSR count). The van der Waals surface area contributed by atoms with Crippen molar-refractivity contribution in [2.24, 2.45) is 7.05 Å². The molecule has 6 nitrogen and oxygen atoms in total. The van der Waals surface area contributed by atoms with Crippen molar-refractivity contribution in [2.45, 2.75) is 12.8 Å². The summed E-state index contributed by atoms with van der Waals surface area (Å²) >= 11 is 5.58. The fourth-order valence-corrected chi connectivity index (χ4v) is 3.99. The van der Waals surface area contributed by atoms with Crippen LogP contribution in [0.5, 0.6) is 5.75 Å². The monoisotopic (exact) mass is 463 g/mol. The van der Waals surface area contributed by atoms with Crippen molar-refractivity contribution < 1.29 is 17.9 Å². The molecule has 32 heavy (non-hydrogen) atoms. The van der Waals surface area contributed by atoms with Crippen molar-refractivity contribution in [1.82, 2.24) is 19.2 Å². The van der Waals surface area contributed by atoms with E-state index in [-0.39, 0.29) is 0 Å². The van der Waals surface area contributed by atoms with E-state index in [4.69, 9.17) is 22.1 Å². The van der Waals surface area contributed by atoms with Crippen LogP contribution in [0.3, 0.4) is 0 Å². The molecule has 1 aliphatic heterocycles. The highest BCUT2D eigenvalue weighted by Gasteiger charge is 2.31. The Kier molecular flexibility index (Phi) is 6.25. The molecule has 0 aliphatic carbocycles. The number of benzene rings is 2. The Bertz CT molecular complexity index is 1150. The van der Waals surface area contributed by atoms with E-state index in [0.29, 0.717) is 43.3 Å². The molecule has 1 aromatic heterocycles. The molecule has 0 saturated carbocycles. The summed E-state index contributed by atoms with van der Waals surface area (Å²) in [6.07, 6.45) is -4.34. The molecule has 2 aromatic carbocycles. The van der Waals surface area contributed by atoms with E-state index in [2.05, 4.69) is 4.90 Å². The summed E-state index contributed by atoms with van der Waals surface area (Å²) in [6, 6.07) is 13.1. The number of methoxy groups -OCH3 is 1. The lowest BCUT2D eigenvalue weighted by Gasteiger charge is -2.36. The van der Waals surface area contributed by atoms with Gasteiger partial charge < -0.3 is 14.2 Å². The van der Waals surface area contributed by atoms with Gasteiger partial charge in [0.1, 0.15) is 5.75 Å². The standard InChI is InChI=1S/C22H24F3N5OS/c1-27-20(16-5-3-8-19(13-16)31-2)26-30(21(27)32)15-28-9-11-29(12-10-28)18-7-4-6-17(14-18)22(23,24)25/h3-8,13-14H,9-12,15H2,1-2H3. The molecule has 1 saturated heterocycles. The largest absolute Gasteiger partial charge is 0.497 e. The van der Waals surface area contributed by atoms with E-state index in [1.807, 2.05) is 40.8 Å². The number of hydrogen-bond donors (Lipinski definition) is 0. The van der Waals surface area contributed by atoms with Crippen LogP contribution in [-0.2, 0) is 19.9 Å². The highest BCUT2D eigenvalue weighted by Crippen LogP contribution is 2.32. The lowest BCUT2D eigenvalue weighted by atomic mass is 10.1. The van der Waals surface area contributed by atoms with Gasteiger partial charge in [0.05, 0.1) is 19.3 Å². The van der Waals surface area contributed by atoms with E-state index in [1.165, 1.54) is 12.1 Å². The SMILES string of the molecule is COc1cccc(-c2nn(CN3CCN(c4cccc(C(F)(F)F)c4)CC3)c(=S)n2C)c1. The number of ether oxygens (including phenoxy) is 1. The van der Waals surface area contributed by atoms with Gasteiger partial charge in [0, 0.05) is 44.5 Å². The van der Waals surface area contributed by atoms with Crippen LogP contribution in [0.1, 0.15) is 5.56 Å². The fraction of sp³-hybridized carbons (Fsp3) is 0.364. The van der Waals surface area contributed by atoms with Crippen LogP contribution in [0.4, 0.5) is 18.9 Å². The number of aromatic nitrogens is 3. The molecule has 10 heteroatoms. The summed E-state index contributed by atoms with van der Waals surface area (Å²) in [6.45, 7) is 3.17. The van der Waals surface area contributed by atoms with Gasteiger partial charge in [0.2, 0.25) is 0 Å². The highest BCUT2D eigenvalue weighted by atomic mass is 32.1. The van der Waals surface area contributed by atoms with Crippen molar-refractivity contribution in [3.8, 4) is 17.1 Å². The zero-order valence-electron chi connectivity index (χ0n) is 17.8. The molecule has 0 N–H and O–H groups in total. The van der Waals surface area contributed by atoms with Crippen LogP contribution in [0.25, 0.3) is 11.4 Å². The summed E-state index contributed by atoms with van der Waals surface area (Å²) in [7, 11) is 3.50. The van der Waals surface area contributed by atoms with Gasteiger partial charge >= 0.3 is 6.18 Å². The average Bonchev–Trinajstić information content (AvgIpc) is 3.07. The van der Waals surface area contributed by atoms with Gasteiger partial charge in [-0.05, 0) is 42.5 Å². The molecule has 0 atom stereocenters. The summed E-state index contributed by atoms with van der Waals surface area (Å²) < 4.78 is 48.6. The van der Waals surface area contributed by atoms with Crippen LogP contribution in [0.15, 0.2) is 48.5 Å². The normalized spacial score (nSPS) is 15.2. The number of nitrogens with zero attached hydrogens (tertiary/aromatic N) is 5. The molecule has 3 aromatic rings. The zero-order chi connectivity index (χ0) is 22.9. The maximum Gasteiger partial charge on any atom is 0.416 e. The maximum atomic E-state index is 13.0. The lowest BCUT2D eigenvalue weighted by Crippen LogP contribution is -2.47. The first-order valence-corrected chi connectivity index (χ1v) is 10.6. The predicted molar refractivity (Wildman–Crippen MR) is 119 cm³/mol. The Balaban J connectivity index is 1.44. The van der Waals surface area contributed by atoms with Gasteiger partial charge in [0.25, 0.3) is 0 Å². The second-order valence-corrected chi connectivity index (χ2v) is 8.06. The number of hydrogen-bond acceptors (Lipinski definition) is 5. The van der Waals surface area contributed by atoms with E-state index in [1.54, 1.807) is 17.9 Å². The predicted octanol–water partition coefficient (Wildman–Crippen LogP) is 4.43. The van der Waals surface area contributed by atoms with Gasteiger partial charge in [-0.3, -0.25) is 4.90 Å². The Labute approximate surface area is 189 Å². The molecule has 170 valence electrons. The molecule has 0 spiro atoms. The van der Waals surface area contributed by atoms with Crippen molar-refractivity contribution in [3.05, 3.63) is 58.9 Å². The molecule has 0 unspecified atom stereocenters. The summed E-state index contributed by atoms with van der Waals surface area (Å²) in [5.41, 5.74) is 0.877. The number of alkyl halides is 3. The Morgan fingerprint density at radius 3 is 2.44 bits per heavy atom. The van der Waals surface area contributed by atoms with Gasteiger partial charge in [-0.15, -0.1) is 0 Å². The lowest BCUT2D eigenvalue weighted by molar-refractivity contribution is -0.137. The molecule has 0 bridgehead atoms. The molecule has 1 fully saturated rings. The van der Waals surface area contributed by atoms with Crippen LogP contribution in [0, 0.1) is 4.77 Å². The Hall–Kier alpha value is -2.85. The van der Waals surface area contributed by atoms with Gasteiger partial charge in [0.15, 0.2) is 10.6 Å². The number of anilines is 1. The van der Waals surface area contributed by atoms with Gasteiger partial charge in [-0.2, -0.15) is 18.3 Å². The quantitative estimate of drug-likeness (QED) is 0.524. The third-order valence-corrected chi connectivity index (χ3v) is 6.10. The van der Waals surface area contributed by atoms with Crippen LogP contribution in [0.2, 0.25) is 0 Å².